The van der Waals surface area contributed by atoms with Gasteiger partial charge in [0.15, 0.2) is 0 Å². The summed E-state index contributed by atoms with van der Waals surface area (Å²) in [4.78, 5) is 2.60. The minimum Gasteiger partial charge on any atom is -0.367 e. The molecule has 1 aromatic rings. The molecule has 3 rings (SSSR count). The highest BCUT2D eigenvalue weighted by atomic mass is 15.2. The Labute approximate surface area is 91.3 Å². The predicted octanol–water partition coefficient (Wildman–Crippen LogP) is 1.72. The van der Waals surface area contributed by atoms with Gasteiger partial charge in [-0.05, 0) is 43.5 Å². The van der Waals surface area contributed by atoms with E-state index in [2.05, 4.69) is 35.3 Å². The first kappa shape index (κ1) is 9.22. The number of aryl methyl sites for hydroxylation is 1. The van der Waals surface area contributed by atoms with Gasteiger partial charge in [0.1, 0.15) is 0 Å². The van der Waals surface area contributed by atoms with Gasteiger partial charge >= 0.3 is 0 Å². The van der Waals surface area contributed by atoms with Crippen molar-refractivity contribution in [2.45, 2.75) is 25.8 Å². The lowest BCUT2D eigenvalue weighted by Gasteiger charge is -2.26. The van der Waals surface area contributed by atoms with E-state index in [9.17, 15) is 0 Å². The molecular weight excluding hydrogens is 184 g/mol. The Morgan fingerprint density at radius 2 is 2.33 bits per heavy atom. The number of rotatable bonds is 1. The maximum absolute atomic E-state index is 3.45. The summed E-state index contributed by atoms with van der Waals surface area (Å²) >= 11 is 0. The molecule has 2 nitrogen and oxygen atoms in total. The number of nitrogens with zero attached hydrogens (tertiary/aromatic N) is 1. The van der Waals surface area contributed by atoms with Crippen molar-refractivity contribution in [3.8, 4) is 0 Å². The van der Waals surface area contributed by atoms with Crippen LogP contribution < -0.4 is 10.2 Å². The largest absolute Gasteiger partial charge is 0.367 e. The SMILES string of the molecule is Cc1ccc2c(c1)N(C1CCNC1)CC2. The normalized spacial score (nSPS) is 24.6. The van der Waals surface area contributed by atoms with Crippen LogP contribution >= 0.6 is 0 Å². The van der Waals surface area contributed by atoms with Gasteiger partial charge in [0.05, 0.1) is 0 Å². The third kappa shape index (κ3) is 1.53. The Kier molecular flexibility index (Phi) is 2.17. The van der Waals surface area contributed by atoms with Gasteiger partial charge in [0, 0.05) is 24.8 Å². The second-order valence-electron chi connectivity index (χ2n) is 4.72. The van der Waals surface area contributed by atoms with Crippen LogP contribution in [0.5, 0.6) is 0 Å². The lowest BCUT2D eigenvalue weighted by molar-refractivity contribution is 0.654. The zero-order valence-electron chi connectivity index (χ0n) is 9.29. The topological polar surface area (TPSA) is 15.3 Å². The summed E-state index contributed by atoms with van der Waals surface area (Å²) in [5.41, 5.74) is 4.41. The first-order valence-electron chi connectivity index (χ1n) is 5.91. The van der Waals surface area contributed by atoms with Crippen LogP contribution in [0, 0.1) is 6.92 Å². The molecule has 1 unspecified atom stereocenters. The van der Waals surface area contributed by atoms with E-state index in [1.807, 2.05) is 0 Å². The number of fused-ring (bicyclic) bond motifs is 1. The maximum atomic E-state index is 3.45. The van der Waals surface area contributed by atoms with E-state index >= 15 is 0 Å². The molecule has 15 heavy (non-hydrogen) atoms. The van der Waals surface area contributed by atoms with Gasteiger partial charge in [0.2, 0.25) is 0 Å². The fourth-order valence-corrected chi connectivity index (χ4v) is 2.80. The van der Waals surface area contributed by atoms with Crippen molar-refractivity contribution in [1.29, 1.82) is 0 Å². The van der Waals surface area contributed by atoms with Crippen molar-refractivity contribution in [2.24, 2.45) is 0 Å². The van der Waals surface area contributed by atoms with Crippen molar-refractivity contribution in [3.05, 3.63) is 29.3 Å². The Morgan fingerprint density at radius 3 is 3.13 bits per heavy atom. The second-order valence-corrected chi connectivity index (χ2v) is 4.72. The number of anilines is 1. The highest BCUT2D eigenvalue weighted by molar-refractivity contribution is 5.60. The molecule has 80 valence electrons. The highest BCUT2D eigenvalue weighted by Gasteiger charge is 2.27. The van der Waals surface area contributed by atoms with Crippen LogP contribution in [-0.2, 0) is 6.42 Å². The van der Waals surface area contributed by atoms with Crippen LogP contribution in [-0.4, -0.2) is 25.7 Å². The monoisotopic (exact) mass is 202 g/mol. The lowest BCUT2D eigenvalue weighted by Crippen LogP contribution is -2.35. The molecule has 0 spiro atoms. The second kappa shape index (κ2) is 3.53. The van der Waals surface area contributed by atoms with Crippen molar-refractivity contribution < 1.29 is 0 Å². The first-order chi connectivity index (χ1) is 7.34. The molecule has 1 N–H and O–H groups in total. The molecule has 2 aliphatic heterocycles. The molecule has 0 aromatic heterocycles. The van der Waals surface area contributed by atoms with Crippen LogP contribution in [0.3, 0.4) is 0 Å². The lowest BCUT2D eigenvalue weighted by atomic mass is 10.1. The van der Waals surface area contributed by atoms with Crippen molar-refractivity contribution in [2.75, 3.05) is 24.5 Å². The van der Waals surface area contributed by atoms with E-state index < -0.39 is 0 Å². The summed E-state index contributed by atoms with van der Waals surface area (Å²) < 4.78 is 0. The standard InChI is InChI=1S/C13H18N2/c1-10-2-3-11-5-7-15(13(11)8-10)12-4-6-14-9-12/h2-3,8,12,14H,4-7,9H2,1H3. The van der Waals surface area contributed by atoms with Crippen LogP contribution in [0.4, 0.5) is 5.69 Å². The number of nitrogens with one attached hydrogen (secondary N) is 1. The summed E-state index contributed by atoms with van der Waals surface area (Å²) in [5, 5.41) is 3.45. The van der Waals surface area contributed by atoms with E-state index in [0.717, 1.165) is 12.6 Å². The summed E-state index contributed by atoms with van der Waals surface area (Å²) in [6.45, 7) is 5.74. The molecule has 0 bridgehead atoms. The molecule has 2 heterocycles. The Hall–Kier alpha value is -1.02. The number of hydrogen-bond acceptors (Lipinski definition) is 2. The third-order valence-corrected chi connectivity index (χ3v) is 3.65. The van der Waals surface area contributed by atoms with Crippen LogP contribution in [0.2, 0.25) is 0 Å². The fraction of sp³-hybridized carbons (Fsp3) is 0.538. The van der Waals surface area contributed by atoms with E-state index in [-0.39, 0.29) is 0 Å². The fourth-order valence-electron chi connectivity index (χ4n) is 2.80. The molecule has 0 saturated carbocycles. The smallest absolute Gasteiger partial charge is 0.0426 e. The zero-order chi connectivity index (χ0) is 10.3. The van der Waals surface area contributed by atoms with Gasteiger partial charge in [-0.25, -0.2) is 0 Å². The minimum atomic E-state index is 0.730. The molecule has 2 heteroatoms. The van der Waals surface area contributed by atoms with Gasteiger partial charge in [-0.1, -0.05) is 12.1 Å². The summed E-state index contributed by atoms with van der Waals surface area (Å²) in [7, 11) is 0. The average Bonchev–Trinajstić information content (AvgIpc) is 2.83. The van der Waals surface area contributed by atoms with Gasteiger partial charge in [0.25, 0.3) is 0 Å². The molecule has 2 aliphatic rings. The zero-order valence-corrected chi connectivity index (χ0v) is 9.29. The van der Waals surface area contributed by atoms with Gasteiger partial charge < -0.3 is 10.2 Å². The molecule has 0 aliphatic carbocycles. The van der Waals surface area contributed by atoms with E-state index in [4.69, 9.17) is 0 Å². The molecule has 1 aromatic carbocycles. The minimum absolute atomic E-state index is 0.730. The molecule has 1 atom stereocenters. The van der Waals surface area contributed by atoms with Gasteiger partial charge in [-0.3, -0.25) is 0 Å². The molecule has 0 amide bonds. The highest BCUT2D eigenvalue weighted by Crippen LogP contribution is 2.31. The van der Waals surface area contributed by atoms with Crippen LogP contribution in [0.1, 0.15) is 17.5 Å². The number of hydrogen-bond donors (Lipinski definition) is 1. The van der Waals surface area contributed by atoms with Crippen LogP contribution in [0.15, 0.2) is 18.2 Å². The van der Waals surface area contributed by atoms with Gasteiger partial charge in [-0.2, -0.15) is 0 Å². The Morgan fingerprint density at radius 1 is 1.40 bits per heavy atom. The quantitative estimate of drug-likeness (QED) is 0.746. The summed E-state index contributed by atoms with van der Waals surface area (Å²) in [6, 6.07) is 7.61. The Balaban J connectivity index is 1.92. The van der Waals surface area contributed by atoms with Crippen LogP contribution in [0.25, 0.3) is 0 Å². The molecular formula is C13H18N2. The molecule has 0 radical (unpaired) electrons. The van der Waals surface area contributed by atoms with Crippen molar-refractivity contribution in [1.82, 2.24) is 5.32 Å². The van der Waals surface area contributed by atoms with Gasteiger partial charge in [-0.15, -0.1) is 0 Å². The average molecular weight is 202 g/mol. The van der Waals surface area contributed by atoms with Crippen molar-refractivity contribution >= 4 is 5.69 Å². The van der Waals surface area contributed by atoms with E-state index in [0.29, 0.717) is 0 Å². The third-order valence-electron chi connectivity index (χ3n) is 3.65. The van der Waals surface area contributed by atoms with E-state index in [1.165, 1.54) is 42.7 Å². The summed E-state index contributed by atoms with van der Waals surface area (Å²) in [6.07, 6.45) is 2.53. The predicted molar refractivity (Wildman–Crippen MR) is 63.5 cm³/mol. The molecule has 1 saturated heterocycles. The molecule has 1 fully saturated rings. The Bertz CT molecular complexity index is 367. The van der Waals surface area contributed by atoms with Crippen molar-refractivity contribution in [3.63, 3.8) is 0 Å². The summed E-state index contributed by atoms with van der Waals surface area (Å²) in [5.74, 6) is 0. The van der Waals surface area contributed by atoms with E-state index in [1.54, 1.807) is 0 Å². The number of benzene rings is 1. The maximum Gasteiger partial charge on any atom is 0.0426 e. The first-order valence-corrected chi connectivity index (χ1v) is 5.91.